The lowest BCUT2D eigenvalue weighted by atomic mass is 10.0. The molecule has 37 heavy (non-hydrogen) atoms. The first-order valence-electron chi connectivity index (χ1n) is 12.5. The molecule has 0 aliphatic carbocycles. The molecule has 1 heterocycles. The number of hydrogen-bond donors (Lipinski definition) is 1. The number of aryl methyl sites for hydroxylation is 3. The van der Waals surface area contributed by atoms with Crippen LogP contribution in [0.4, 0.5) is 11.4 Å². The van der Waals surface area contributed by atoms with Crippen LogP contribution < -0.4 is 15.0 Å². The third kappa shape index (κ3) is 6.85. The van der Waals surface area contributed by atoms with Crippen molar-refractivity contribution < 1.29 is 17.9 Å². The summed E-state index contributed by atoms with van der Waals surface area (Å²) in [4.78, 5) is 17.7. The molecule has 1 saturated heterocycles. The number of hydrogen-bond acceptors (Lipinski definition) is 6. The smallest absolute Gasteiger partial charge is 0.243 e. The molecule has 1 aliphatic heterocycles. The number of nitrogens with zero attached hydrogens (tertiary/aromatic N) is 3. The molecule has 0 unspecified atom stereocenters. The van der Waals surface area contributed by atoms with Gasteiger partial charge in [0.05, 0.1) is 17.7 Å². The third-order valence-electron chi connectivity index (χ3n) is 7.09. The number of amides is 1. The van der Waals surface area contributed by atoms with E-state index in [1.165, 1.54) is 11.4 Å². The van der Waals surface area contributed by atoms with Crippen molar-refractivity contribution in [1.82, 2.24) is 9.21 Å². The van der Waals surface area contributed by atoms with Crippen LogP contribution in [0.3, 0.4) is 0 Å². The summed E-state index contributed by atoms with van der Waals surface area (Å²) >= 11 is 3.69. The summed E-state index contributed by atoms with van der Waals surface area (Å²) in [5.41, 5.74) is 4.03. The highest BCUT2D eigenvalue weighted by Crippen LogP contribution is 2.34. The van der Waals surface area contributed by atoms with Crippen LogP contribution >= 0.6 is 15.9 Å². The highest BCUT2D eigenvalue weighted by atomic mass is 79.9. The molecule has 0 saturated carbocycles. The van der Waals surface area contributed by atoms with E-state index in [1.54, 1.807) is 33.1 Å². The fourth-order valence-electron chi connectivity index (χ4n) is 4.85. The van der Waals surface area contributed by atoms with Crippen LogP contribution in [-0.4, -0.2) is 77.5 Å². The Hall–Kier alpha value is -2.14. The highest BCUT2D eigenvalue weighted by molar-refractivity contribution is 9.10. The Morgan fingerprint density at radius 1 is 1.05 bits per heavy atom. The molecular weight excluding hydrogens is 556 g/mol. The Morgan fingerprint density at radius 3 is 2.19 bits per heavy atom. The van der Waals surface area contributed by atoms with Crippen LogP contribution in [0.25, 0.3) is 0 Å². The van der Waals surface area contributed by atoms with Gasteiger partial charge in [0.25, 0.3) is 0 Å². The maximum absolute atomic E-state index is 13.2. The average Bonchev–Trinajstić information content (AvgIpc) is 2.83. The summed E-state index contributed by atoms with van der Waals surface area (Å²) in [6, 6.07) is 8.05. The number of piperidine rings is 1. The largest absolute Gasteiger partial charge is 0.497 e. The van der Waals surface area contributed by atoms with Crippen molar-refractivity contribution in [2.75, 3.05) is 58.1 Å². The first-order chi connectivity index (χ1) is 17.3. The van der Waals surface area contributed by atoms with Crippen molar-refractivity contribution in [1.29, 1.82) is 0 Å². The number of nitrogens with one attached hydrogen (secondary N) is 1. The van der Waals surface area contributed by atoms with Gasteiger partial charge >= 0.3 is 0 Å². The first-order valence-corrected chi connectivity index (χ1v) is 14.7. The van der Waals surface area contributed by atoms with Gasteiger partial charge in [-0.05, 0) is 105 Å². The van der Waals surface area contributed by atoms with Gasteiger partial charge in [0.15, 0.2) is 0 Å². The van der Waals surface area contributed by atoms with E-state index in [-0.39, 0.29) is 23.8 Å². The number of carbonyl (C=O) groups excluding carboxylic acids is 1. The van der Waals surface area contributed by atoms with Crippen LogP contribution in [0, 0.1) is 20.8 Å². The van der Waals surface area contributed by atoms with E-state index in [1.807, 2.05) is 13.0 Å². The van der Waals surface area contributed by atoms with Crippen molar-refractivity contribution in [3.05, 3.63) is 45.4 Å². The van der Waals surface area contributed by atoms with E-state index in [2.05, 4.69) is 51.2 Å². The van der Waals surface area contributed by atoms with Crippen molar-refractivity contribution in [2.45, 2.75) is 51.0 Å². The molecule has 2 aromatic carbocycles. The Labute approximate surface area is 230 Å². The molecule has 204 valence electrons. The topological polar surface area (TPSA) is 82.2 Å². The monoisotopic (exact) mass is 594 g/mol. The van der Waals surface area contributed by atoms with Gasteiger partial charge < -0.3 is 19.9 Å². The van der Waals surface area contributed by atoms with E-state index >= 15 is 0 Å². The Bertz CT molecular complexity index is 1220. The minimum absolute atomic E-state index is 0.0425. The molecule has 2 aromatic rings. The second kappa shape index (κ2) is 12.1. The fraction of sp³-hybridized carbons (Fsp3) is 0.519. The SMILES string of the molecule is COc1cc(C)c(S(=O)(=O)N(C)CCC(=O)Nc2cc(Br)c(N3CCC(N(C)C)CC3)cc2C)c(C)c1. The zero-order valence-corrected chi connectivity index (χ0v) is 25.3. The number of sulfonamides is 1. The second-order valence-corrected chi connectivity index (χ2v) is 12.9. The van der Waals surface area contributed by atoms with E-state index in [9.17, 15) is 13.2 Å². The third-order valence-corrected chi connectivity index (χ3v) is 9.89. The summed E-state index contributed by atoms with van der Waals surface area (Å²) in [7, 11) is 3.56. The fourth-order valence-corrected chi connectivity index (χ4v) is 7.02. The van der Waals surface area contributed by atoms with Crippen LogP contribution in [-0.2, 0) is 14.8 Å². The normalized spacial score (nSPS) is 14.9. The molecule has 10 heteroatoms. The molecule has 1 aliphatic rings. The number of methoxy groups -OCH3 is 1. The maximum atomic E-state index is 13.2. The molecule has 0 bridgehead atoms. The summed E-state index contributed by atoms with van der Waals surface area (Å²) < 4.78 is 33.9. The van der Waals surface area contributed by atoms with E-state index in [4.69, 9.17) is 4.74 Å². The summed E-state index contributed by atoms with van der Waals surface area (Å²) in [6.07, 6.45) is 2.27. The van der Waals surface area contributed by atoms with Crippen molar-refractivity contribution in [2.24, 2.45) is 0 Å². The molecule has 0 aromatic heterocycles. The minimum atomic E-state index is -3.75. The zero-order chi connectivity index (χ0) is 27.5. The van der Waals surface area contributed by atoms with E-state index in [0.29, 0.717) is 22.9 Å². The van der Waals surface area contributed by atoms with E-state index in [0.717, 1.165) is 47.3 Å². The average molecular weight is 596 g/mol. The molecular formula is C27H39BrN4O4S. The number of carbonyl (C=O) groups is 1. The van der Waals surface area contributed by atoms with Gasteiger partial charge in [0, 0.05) is 49.3 Å². The molecule has 8 nitrogen and oxygen atoms in total. The summed E-state index contributed by atoms with van der Waals surface area (Å²) in [6.45, 7) is 7.51. The lowest BCUT2D eigenvalue weighted by molar-refractivity contribution is -0.116. The summed E-state index contributed by atoms with van der Waals surface area (Å²) in [5, 5.41) is 2.96. The predicted molar refractivity (Wildman–Crippen MR) is 153 cm³/mol. The van der Waals surface area contributed by atoms with Crippen LogP contribution in [0.2, 0.25) is 0 Å². The Balaban J connectivity index is 1.64. The van der Waals surface area contributed by atoms with Gasteiger partial charge in [-0.2, -0.15) is 0 Å². The molecule has 1 amide bonds. The standard InChI is InChI=1S/C27H39BrN4O4S/c1-18-16-25(32-12-8-21(9-13-32)30(4)5)23(28)17-24(18)29-26(33)10-11-31(6)37(34,35)27-19(2)14-22(36-7)15-20(27)3/h14-17,21H,8-13H2,1-7H3,(H,29,33). The Kier molecular flexibility index (Phi) is 9.66. The molecule has 3 rings (SSSR count). The lowest BCUT2D eigenvalue weighted by Gasteiger charge is -2.37. The summed E-state index contributed by atoms with van der Waals surface area (Å²) in [5.74, 6) is 0.376. The van der Waals surface area contributed by atoms with Gasteiger partial charge in [-0.25, -0.2) is 12.7 Å². The lowest BCUT2D eigenvalue weighted by Crippen LogP contribution is -2.42. The molecule has 1 fully saturated rings. The van der Waals surface area contributed by atoms with Gasteiger partial charge in [-0.15, -0.1) is 0 Å². The van der Waals surface area contributed by atoms with Crippen LogP contribution in [0.5, 0.6) is 5.75 Å². The van der Waals surface area contributed by atoms with Crippen molar-refractivity contribution >= 4 is 43.2 Å². The zero-order valence-electron chi connectivity index (χ0n) is 22.9. The minimum Gasteiger partial charge on any atom is -0.497 e. The molecule has 1 N–H and O–H groups in total. The highest BCUT2D eigenvalue weighted by Gasteiger charge is 2.26. The van der Waals surface area contributed by atoms with Crippen LogP contribution in [0.15, 0.2) is 33.6 Å². The predicted octanol–water partition coefficient (Wildman–Crippen LogP) is 4.56. The van der Waals surface area contributed by atoms with Crippen molar-refractivity contribution in [3.63, 3.8) is 0 Å². The molecule has 0 spiro atoms. The Morgan fingerprint density at radius 2 is 1.65 bits per heavy atom. The number of ether oxygens (including phenoxy) is 1. The number of anilines is 2. The molecule has 0 radical (unpaired) electrons. The maximum Gasteiger partial charge on any atom is 0.243 e. The van der Waals surface area contributed by atoms with Crippen molar-refractivity contribution in [3.8, 4) is 5.75 Å². The van der Waals surface area contributed by atoms with Gasteiger partial charge in [0.1, 0.15) is 5.75 Å². The molecule has 0 atom stereocenters. The van der Waals surface area contributed by atoms with Gasteiger partial charge in [-0.3, -0.25) is 4.79 Å². The number of rotatable bonds is 9. The quantitative estimate of drug-likeness (QED) is 0.458. The van der Waals surface area contributed by atoms with Gasteiger partial charge in [-0.1, -0.05) is 0 Å². The van der Waals surface area contributed by atoms with E-state index < -0.39 is 10.0 Å². The number of benzene rings is 2. The van der Waals surface area contributed by atoms with Crippen LogP contribution in [0.1, 0.15) is 36.0 Å². The number of halogens is 1. The second-order valence-electron chi connectivity index (χ2n) is 10.0. The van der Waals surface area contributed by atoms with Gasteiger partial charge in [0.2, 0.25) is 15.9 Å². The first kappa shape index (κ1) is 29.4.